The minimum absolute atomic E-state index is 0.154. The van der Waals surface area contributed by atoms with Crippen molar-refractivity contribution in [3.8, 4) is 5.75 Å². The zero-order valence-corrected chi connectivity index (χ0v) is 13.9. The van der Waals surface area contributed by atoms with E-state index in [1.807, 2.05) is 27.7 Å². The van der Waals surface area contributed by atoms with Crippen molar-refractivity contribution in [2.75, 3.05) is 13.2 Å². The van der Waals surface area contributed by atoms with Crippen LogP contribution in [0.15, 0.2) is 23.1 Å². The van der Waals surface area contributed by atoms with E-state index >= 15 is 0 Å². The van der Waals surface area contributed by atoms with Crippen LogP contribution in [0.25, 0.3) is 0 Å². The van der Waals surface area contributed by atoms with Gasteiger partial charge in [-0.25, -0.2) is 13.1 Å². The summed E-state index contributed by atoms with van der Waals surface area (Å²) in [6.07, 6.45) is 0.532. The highest BCUT2D eigenvalue weighted by molar-refractivity contribution is 7.89. The molecule has 21 heavy (non-hydrogen) atoms. The molecule has 0 aliphatic carbocycles. The summed E-state index contributed by atoms with van der Waals surface area (Å²) >= 11 is 0. The SMILES string of the molecule is CCOc1ccc(S(=O)(=O)NC(CC)CO)cc1C(C)C. The van der Waals surface area contributed by atoms with Gasteiger partial charge in [0.2, 0.25) is 10.0 Å². The number of nitrogens with one attached hydrogen (secondary N) is 1. The van der Waals surface area contributed by atoms with Gasteiger partial charge >= 0.3 is 0 Å². The maximum absolute atomic E-state index is 12.3. The number of benzene rings is 1. The second-order valence-electron chi connectivity index (χ2n) is 5.20. The molecule has 0 aromatic heterocycles. The molecule has 1 aromatic carbocycles. The summed E-state index contributed by atoms with van der Waals surface area (Å²) in [6.45, 7) is 8.01. The van der Waals surface area contributed by atoms with Gasteiger partial charge in [0.15, 0.2) is 0 Å². The van der Waals surface area contributed by atoms with Crippen LogP contribution in [0.3, 0.4) is 0 Å². The average Bonchev–Trinajstić information content (AvgIpc) is 2.45. The number of aliphatic hydroxyl groups excluding tert-OH is 1. The first-order chi connectivity index (χ1) is 9.85. The van der Waals surface area contributed by atoms with Crippen LogP contribution in [0.4, 0.5) is 0 Å². The highest BCUT2D eigenvalue weighted by atomic mass is 32.2. The zero-order valence-electron chi connectivity index (χ0n) is 13.1. The third kappa shape index (κ3) is 4.69. The summed E-state index contributed by atoms with van der Waals surface area (Å²) in [5, 5.41) is 9.15. The lowest BCUT2D eigenvalue weighted by molar-refractivity contribution is 0.254. The maximum Gasteiger partial charge on any atom is 0.240 e. The topological polar surface area (TPSA) is 75.6 Å². The number of hydrogen-bond donors (Lipinski definition) is 2. The fraction of sp³-hybridized carbons (Fsp3) is 0.600. The largest absolute Gasteiger partial charge is 0.494 e. The van der Waals surface area contributed by atoms with Crippen LogP contribution in [0.1, 0.15) is 45.6 Å². The summed E-state index contributed by atoms with van der Waals surface area (Å²) in [4.78, 5) is 0.196. The molecule has 0 heterocycles. The molecule has 0 aliphatic rings. The standard InChI is InChI=1S/C15H25NO4S/c1-5-12(10-17)16-21(18,19)13-7-8-15(20-6-2)14(9-13)11(3)4/h7-9,11-12,16-17H,5-6,10H2,1-4H3. The smallest absolute Gasteiger partial charge is 0.240 e. The Morgan fingerprint density at radius 3 is 2.43 bits per heavy atom. The molecule has 5 nitrogen and oxygen atoms in total. The second kappa shape index (κ2) is 7.77. The van der Waals surface area contributed by atoms with Crippen molar-refractivity contribution in [1.82, 2.24) is 4.72 Å². The quantitative estimate of drug-likeness (QED) is 0.771. The Balaban J connectivity index is 3.16. The predicted molar refractivity (Wildman–Crippen MR) is 83.2 cm³/mol. The lowest BCUT2D eigenvalue weighted by Crippen LogP contribution is -2.36. The van der Waals surface area contributed by atoms with Gasteiger partial charge in [-0.1, -0.05) is 20.8 Å². The average molecular weight is 315 g/mol. The normalized spacial score (nSPS) is 13.4. The molecular formula is C15H25NO4S. The van der Waals surface area contributed by atoms with Crippen molar-refractivity contribution in [1.29, 1.82) is 0 Å². The summed E-state index contributed by atoms with van der Waals surface area (Å²) < 4.78 is 32.7. The van der Waals surface area contributed by atoms with Crippen molar-refractivity contribution in [3.63, 3.8) is 0 Å². The van der Waals surface area contributed by atoms with Gasteiger partial charge in [-0.3, -0.25) is 0 Å². The fourth-order valence-corrected chi connectivity index (χ4v) is 3.31. The highest BCUT2D eigenvalue weighted by Crippen LogP contribution is 2.29. The lowest BCUT2D eigenvalue weighted by atomic mass is 10.0. The van der Waals surface area contributed by atoms with Gasteiger partial charge in [0.25, 0.3) is 0 Å². The van der Waals surface area contributed by atoms with E-state index in [1.54, 1.807) is 12.1 Å². The minimum atomic E-state index is -3.64. The van der Waals surface area contributed by atoms with E-state index in [-0.39, 0.29) is 17.4 Å². The van der Waals surface area contributed by atoms with Gasteiger partial charge in [0.05, 0.1) is 18.1 Å². The molecule has 0 saturated carbocycles. The zero-order chi connectivity index (χ0) is 16.0. The van der Waals surface area contributed by atoms with E-state index in [1.165, 1.54) is 6.07 Å². The van der Waals surface area contributed by atoms with Gasteiger partial charge in [0.1, 0.15) is 5.75 Å². The first kappa shape index (κ1) is 17.9. The summed E-state index contributed by atoms with van der Waals surface area (Å²) in [5.74, 6) is 0.863. The second-order valence-corrected chi connectivity index (χ2v) is 6.91. The van der Waals surface area contributed by atoms with Crippen molar-refractivity contribution < 1.29 is 18.3 Å². The molecule has 0 spiro atoms. The molecule has 1 atom stereocenters. The fourth-order valence-electron chi connectivity index (χ4n) is 1.97. The van der Waals surface area contributed by atoms with E-state index in [9.17, 15) is 8.42 Å². The van der Waals surface area contributed by atoms with Crippen LogP contribution < -0.4 is 9.46 Å². The van der Waals surface area contributed by atoms with Crippen LogP contribution in [0.2, 0.25) is 0 Å². The molecular weight excluding hydrogens is 290 g/mol. The van der Waals surface area contributed by atoms with E-state index in [2.05, 4.69) is 4.72 Å². The molecule has 6 heteroatoms. The monoisotopic (exact) mass is 315 g/mol. The van der Waals surface area contributed by atoms with Gasteiger partial charge in [0, 0.05) is 6.04 Å². The lowest BCUT2D eigenvalue weighted by Gasteiger charge is -2.17. The van der Waals surface area contributed by atoms with Crippen LogP contribution in [0, 0.1) is 0 Å². The first-order valence-electron chi connectivity index (χ1n) is 7.25. The molecule has 1 unspecified atom stereocenters. The Hall–Kier alpha value is -1.11. The van der Waals surface area contributed by atoms with Crippen molar-refractivity contribution >= 4 is 10.0 Å². The van der Waals surface area contributed by atoms with Crippen molar-refractivity contribution in [3.05, 3.63) is 23.8 Å². The number of rotatable bonds is 8. The highest BCUT2D eigenvalue weighted by Gasteiger charge is 2.20. The molecule has 0 bridgehead atoms. The predicted octanol–water partition coefficient (Wildman–Crippen LogP) is 2.26. The summed E-state index contributed by atoms with van der Waals surface area (Å²) in [5.41, 5.74) is 0.858. The number of ether oxygens (including phenoxy) is 1. The molecule has 0 saturated heterocycles. The molecule has 2 N–H and O–H groups in total. The van der Waals surface area contributed by atoms with E-state index in [0.717, 1.165) is 5.56 Å². The molecule has 1 aromatic rings. The van der Waals surface area contributed by atoms with Crippen LogP contribution in [-0.4, -0.2) is 32.8 Å². The number of aliphatic hydroxyl groups is 1. The molecule has 0 fully saturated rings. The van der Waals surface area contributed by atoms with Gasteiger partial charge in [-0.2, -0.15) is 0 Å². The Labute approximate surface area is 127 Å². The van der Waals surface area contributed by atoms with Crippen LogP contribution in [0.5, 0.6) is 5.75 Å². The minimum Gasteiger partial charge on any atom is -0.494 e. The van der Waals surface area contributed by atoms with Crippen molar-refractivity contribution in [2.24, 2.45) is 0 Å². The number of sulfonamides is 1. The Bertz CT molecular complexity index is 551. The molecule has 0 aliphatic heterocycles. The maximum atomic E-state index is 12.3. The van der Waals surface area contributed by atoms with Crippen LogP contribution >= 0.6 is 0 Å². The van der Waals surface area contributed by atoms with Gasteiger partial charge in [-0.15, -0.1) is 0 Å². The summed E-state index contributed by atoms with van der Waals surface area (Å²) in [6, 6.07) is 4.39. The molecule has 0 radical (unpaired) electrons. The third-order valence-electron chi connectivity index (χ3n) is 3.25. The van der Waals surface area contributed by atoms with Crippen LogP contribution in [-0.2, 0) is 10.0 Å². The van der Waals surface area contributed by atoms with Crippen molar-refractivity contribution in [2.45, 2.75) is 51.0 Å². The first-order valence-corrected chi connectivity index (χ1v) is 8.73. The Morgan fingerprint density at radius 1 is 1.29 bits per heavy atom. The molecule has 1 rings (SSSR count). The molecule has 120 valence electrons. The van der Waals surface area contributed by atoms with E-state index < -0.39 is 16.1 Å². The summed E-state index contributed by atoms with van der Waals surface area (Å²) in [7, 11) is -3.64. The molecule has 0 amide bonds. The van der Waals surface area contributed by atoms with Gasteiger partial charge in [-0.05, 0) is 43.0 Å². The Kier molecular flexibility index (Phi) is 6.64. The van der Waals surface area contributed by atoms with E-state index in [4.69, 9.17) is 9.84 Å². The van der Waals surface area contributed by atoms with Gasteiger partial charge < -0.3 is 9.84 Å². The van der Waals surface area contributed by atoms with E-state index in [0.29, 0.717) is 18.8 Å². The Morgan fingerprint density at radius 2 is 1.95 bits per heavy atom. The third-order valence-corrected chi connectivity index (χ3v) is 4.77. The number of hydrogen-bond acceptors (Lipinski definition) is 4.